The van der Waals surface area contributed by atoms with Gasteiger partial charge in [0.1, 0.15) is 6.07 Å². The maximum absolute atomic E-state index is 10.7. The fourth-order valence-electron chi connectivity index (χ4n) is 0.872. The van der Waals surface area contributed by atoms with Crippen molar-refractivity contribution in [2.75, 3.05) is 4.31 Å². The zero-order valence-corrected chi connectivity index (χ0v) is 7.53. The zero-order valence-electron chi connectivity index (χ0n) is 6.64. The molecule has 4 nitrogen and oxygen atoms in total. The third-order valence-corrected chi connectivity index (χ3v) is 1.87. The van der Waals surface area contributed by atoms with E-state index in [9.17, 15) is 4.79 Å². The van der Waals surface area contributed by atoms with Crippen LogP contribution in [-0.2, 0) is 0 Å². The van der Waals surface area contributed by atoms with E-state index in [0.717, 1.165) is 4.31 Å². The number of carbonyl (C=O) groups is 1. The Labute approximate surface area is 81.1 Å². The smallest absolute Gasteiger partial charge is 0.329 e. The number of thiol groups is 1. The Hall–Kier alpha value is -1.67. The Kier molecular flexibility index (Phi) is 2.77. The molecule has 2 N–H and O–H groups in total. The molecule has 13 heavy (non-hydrogen) atoms. The predicted molar refractivity (Wildman–Crippen MR) is 52.2 cm³/mol. The highest BCUT2D eigenvalue weighted by Gasteiger charge is 2.11. The van der Waals surface area contributed by atoms with Gasteiger partial charge in [0.05, 0.1) is 11.3 Å². The highest BCUT2D eigenvalue weighted by molar-refractivity contribution is 7.82. The molecule has 1 rings (SSSR count). The Bertz CT molecular complexity index is 372. The average Bonchev–Trinajstić information content (AvgIpc) is 2.16. The molecule has 2 amide bonds. The number of rotatable bonds is 1. The lowest BCUT2D eigenvalue weighted by Gasteiger charge is -2.13. The van der Waals surface area contributed by atoms with Crippen molar-refractivity contribution in [3.05, 3.63) is 29.8 Å². The summed E-state index contributed by atoms with van der Waals surface area (Å²) in [5.74, 6) is 0. The van der Waals surface area contributed by atoms with Gasteiger partial charge in [-0.1, -0.05) is 24.9 Å². The molecule has 0 aliphatic rings. The maximum atomic E-state index is 10.7. The maximum Gasteiger partial charge on any atom is 0.329 e. The van der Waals surface area contributed by atoms with Crippen LogP contribution in [0.4, 0.5) is 10.5 Å². The van der Waals surface area contributed by atoms with Crippen molar-refractivity contribution >= 4 is 24.5 Å². The second-order valence-corrected chi connectivity index (χ2v) is 2.68. The molecule has 0 fully saturated rings. The van der Waals surface area contributed by atoms with E-state index < -0.39 is 6.03 Å². The molecule has 0 aliphatic heterocycles. The van der Waals surface area contributed by atoms with Crippen LogP contribution in [-0.4, -0.2) is 6.03 Å². The van der Waals surface area contributed by atoms with Gasteiger partial charge >= 0.3 is 6.03 Å². The molecule has 0 aromatic heterocycles. The summed E-state index contributed by atoms with van der Waals surface area (Å²) in [6, 6.07) is 7.79. The van der Waals surface area contributed by atoms with E-state index in [0.29, 0.717) is 11.3 Å². The first-order valence-electron chi connectivity index (χ1n) is 3.44. The molecular weight excluding hydrogens is 186 g/mol. The van der Waals surface area contributed by atoms with Crippen molar-refractivity contribution in [3.63, 3.8) is 0 Å². The fraction of sp³-hybridized carbons (Fsp3) is 0. The number of benzene rings is 1. The quantitative estimate of drug-likeness (QED) is 0.660. The van der Waals surface area contributed by atoms with E-state index in [1.807, 2.05) is 6.07 Å². The van der Waals surface area contributed by atoms with E-state index in [-0.39, 0.29) is 0 Å². The third kappa shape index (κ3) is 1.92. The highest BCUT2D eigenvalue weighted by Crippen LogP contribution is 2.20. The van der Waals surface area contributed by atoms with Gasteiger partial charge in [-0.15, -0.1) is 0 Å². The number of primary amides is 1. The minimum absolute atomic E-state index is 0.358. The Morgan fingerprint density at radius 2 is 2.15 bits per heavy atom. The van der Waals surface area contributed by atoms with E-state index in [1.165, 1.54) is 0 Å². The SMILES string of the molecule is N#Cc1ccccc1N(S)C(N)=O. The number of urea groups is 1. The van der Waals surface area contributed by atoms with Gasteiger partial charge in [0.2, 0.25) is 0 Å². The third-order valence-electron chi connectivity index (χ3n) is 1.46. The summed E-state index contributed by atoms with van der Waals surface area (Å²) in [6.45, 7) is 0. The van der Waals surface area contributed by atoms with Crippen LogP contribution < -0.4 is 10.0 Å². The van der Waals surface area contributed by atoms with Crippen LogP contribution in [0.1, 0.15) is 5.56 Å². The van der Waals surface area contributed by atoms with Crippen molar-refractivity contribution in [1.82, 2.24) is 0 Å². The van der Waals surface area contributed by atoms with E-state index in [1.54, 1.807) is 24.3 Å². The monoisotopic (exact) mass is 193 g/mol. The van der Waals surface area contributed by atoms with Crippen LogP contribution in [0.25, 0.3) is 0 Å². The summed E-state index contributed by atoms with van der Waals surface area (Å²) >= 11 is 3.85. The highest BCUT2D eigenvalue weighted by atomic mass is 32.1. The molecule has 0 saturated carbocycles. The lowest BCUT2D eigenvalue weighted by Crippen LogP contribution is -2.27. The second-order valence-electron chi connectivity index (χ2n) is 2.28. The molecule has 0 saturated heterocycles. The van der Waals surface area contributed by atoms with Crippen molar-refractivity contribution in [3.8, 4) is 6.07 Å². The first-order chi connectivity index (χ1) is 6.16. The second kappa shape index (κ2) is 3.83. The first-order valence-corrected chi connectivity index (χ1v) is 3.84. The molecule has 0 unspecified atom stereocenters. The molecule has 1 aromatic carbocycles. The Morgan fingerprint density at radius 1 is 1.54 bits per heavy atom. The normalized spacial score (nSPS) is 8.92. The molecule has 0 spiro atoms. The Balaban J connectivity index is 3.15. The number of carbonyl (C=O) groups excluding carboxylic acids is 1. The number of nitrogens with two attached hydrogens (primary N) is 1. The van der Waals surface area contributed by atoms with Crippen LogP contribution >= 0.6 is 12.8 Å². The first kappa shape index (κ1) is 9.42. The predicted octanol–water partition coefficient (Wildman–Crippen LogP) is 1.29. The fourth-order valence-corrected chi connectivity index (χ4v) is 1.05. The molecule has 0 aliphatic carbocycles. The summed E-state index contributed by atoms with van der Waals surface area (Å²) < 4.78 is 0.929. The molecule has 0 atom stereocenters. The number of nitrogens with zero attached hydrogens (tertiary/aromatic N) is 2. The van der Waals surface area contributed by atoms with Crippen LogP contribution in [0.15, 0.2) is 24.3 Å². The molecule has 66 valence electrons. The van der Waals surface area contributed by atoms with Crippen LogP contribution in [0.3, 0.4) is 0 Å². The zero-order chi connectivity index (χ0) is 9.84. The van der Waals surface area contributed by atoms with E-state index >= 15 is 0 Å². The summed E-state index contributed by atoms with van der Waals surface area (Å²) in [5.41, 5.74) is 5.74. The number of amides is 2. The van der Waals surface area contributed by atoms with E-state index in [4.69, 9.17) is 11.0 Å². The number of nitriles is 1. The van der Waals surface area contributed by atoms with Gasteiger partial charge in [-0.05, 0) is 12.1 Å². The largest absolute Gasteiger partial charge is 0.350 e. The molecule has 0 bridgehead atoms. The van der Waals surface area contributed by atoms with Gasteiger partial charge < -0.3 is 5.73 Å². The minimum Gasteiger partial charge on any atom is -0.350 e. The number of hydrogen-bond acceptors (Lipinski definition) is 3. The molecule has 1 aromatic rings. The van der Waals surface area contributed by atoms with Crippen LogP contribution in [0, 0.1) is 11.3 Å². The average molecular weight is 193 g/mol. The summed E-state index contributed by atoms with van der Waals surface area (Å²) in [4.78, 5) is 10.7. The van der Waals surface area contributed by atoms with E-state index in [2.05, 4.69) is 12.8 Å². The van der Waals surface area contributed by atoms with Crippen LogP contribution in [0.2, 0.25) is 0 Å². The minimum atomic E-state index is -0.717. The number of hydrogen-bond donors (Lipinski definition) is 2. The van der Waals surface area contributed by atoms with Gasteiger partial charge in [-0.25, -0.2) is 9.10 Å². The molecule has 5 heteroatoms. The van der Waals surface area contributed by atoms with Gasteiger partial charge in [0, 0.05) is 0 Å². The van der Waals surface area contributed by atoms with Gasteiger partial charge in [0.25, 0.3) is 0 Å². The number of anilines is 1. The van der Waals surface area contributed by atoms with Gasteiger partial charge in [-0.3, -0.25) is 0 Å². The van der Waals surface area contributed by atoms with Crippen molar-refractivity contribution in [2.45, 2.75) is 0 Å². The lowest BCUT2D eigenvalue weighted by molar-refractivity contribution is 0.257. The van der Waals surface area contributed by atoms with Gasteiger partial charge in [0.15, 0.2) is 0 Å². The topological polar surface area (TPSA) is 70.1 Å². The standard InChI is InChI=1S/C8H7N3OS/c9-5-6-3-1-2-4-7(6)11(13)8(10)12/h1-4,13H,(H2,10,12). The summed E-state index contributed by atoms with van der Waals surface area (Å²) in [6.07, 6.45) is 0. The summed E-state index contributed by atoms with van der Waals surface area (Å²) in [5, 5.41) is 8.69. The summed E-state index contributed by atoms with van der Waals surface area (Å²) in [7, 11) is 0. The molecule has 0 radical (unpaired) electrons. The van der Waals surface area contributed by atoms with Crippen molar-refractivity contribution in [1.29, 1.82) is 5.26 Å². The molecular formula is C8H7N3OS. The Morgan fingerprint density at radius 3 is 2.69 bits per heavy atom. The van der Waals surface area contributed by atoms with Gasteiger partial charge in [-0.2, -0.15) is 5.26 Å². The van der Waals surface area contributed by atoms with Crippen LogP contribution in [0.5, 0.6) is 0 Å². The van der Waals surface area contributed by atoms with Crippen molar-refractivity contribution < 1.29 is 4.79 Å². The number of para-hydroxylation sites is 1. The lowest BCUT2D eigenvalue weighted by atomic mass is 10.2. The molecule has 0 heterocycles. The van der Waals surface area contributed by atoms with Crippen molar-refractivity contribution in [2.24, 2.45) is 5.73 Å².